The first-order valence-corrected chi connectivity index (χ1v) is 4.02. The highest BCUT2D eigenvalue weighted by Gasteiger charge is 1.97. The van der Waals surface area contributed by atoms with Crippen LogP contribution in [0, 0.1) is 5.21 Å². The molecule has 0 saturated heterocycles. The van der Waals surface area contributed by atoms with Crippen molar-refractivity contribution >= 4 is 0 Å². The van der Waals surface area contributed by atoms with Crippen molar-refractivity contribution in [2.45, 2.75) is 19.8 Å². The van der Waals surface area contributed by atoms with Crippen molar-refractivity contribution in [3.05, 3.63) is 23.5 Å². The molecule has 12 heavy (non-hydrogen) atoms. The van der Waals surface area contributed by atoms with Crippen LogP contribution < -0.4 is 9.58 Å². The SMILES string of the molecule is CCCCOc1ccc[n+]([O-])n1. The van der Waals surface area contributed by atoms with E-state index in [9.17, 15) is 5.21 Å². The summed E-state index contributed by atoms with van der Waals surface area (Å²) in [6, 6.07) is 3.28. The molecule has 1 aromatic rings. The minimum atomic E-state index is 0.390. The third-order valence-corrected chi connectivity index (χ3v) is 1.40. The molecule has 0 atom stereocenters. The highest BCUT2D eigenvalue weighted by Crippen LogP contribution is 2.01. The Morgan fingerprint density at radius 1 is 1.67 bits per heavy atom. The van der Waals surface area contributed by atoms with Gasteiger partial charge in [0.15, 0.2) is 0 Å². The van der Waals surface area contributed by atoms with Gasteiger partial charge in [-0.3, -0.25) is 0 Å². The number of ether oxygens (including phenoxy) is 1. The summed E-state index contributed by atoms with van der Waals surface area (Å²) in [5.74, 6) is 0.390. The lowest BCUT2D eigenvalue weighted by molar-refractivity contribution is -0.669. The van der Waals surface area contributed by atoms with Gasteiger partial charge in [0.1, 0.15) is 0 Å². The molecule has 1 heterocycles. The quantitative estimate of drug-likeness (QED) is 0.381. The van der Waals surface area contributed by atoms with E-state index in [0.29, 0.717) is 17.3 Å². The van der Waals surface area contributed by atoms with Gasteiger partial charge in [-0.2, -0.15) is 0 Å². The molecule has 0 fully saturated rings. The highest BCUT2D eigenvalue weighted by molar-refractivity contribution is 5.03. The molecular weight excluding hydrogens is 156 g/mol. The van der Waals surface area contributed by atoms with Crippen LogP contribution in [0.5, 0.6) is 5.88 Å². The molecule has 0 aliphatic heterocycles. The Hall–Kier alpha value is -1.32. The summed E-state index contributed by atoms with van der Waals surface area (Å²) in [7, 11) is 0. The van der Waals surface area contributed by atoms with Crippen LogP contribution in [-0.4, -0.2) is 11.7 Å². The molecule has 1 rings (SSSR count). The first-order chi connectivity index (χ1) is 5.83. The van der Waals surface area contributed by atoms with E-state index in [1.54, 1.807) is 12.1 Å². The lowest BCUT2D eigenvalue weighted by Crippen LogP contribution is -2.30. The van der Waals surface area contributed by atoms with Crippen molar-refractivity contribution in [1.82, 2.24) is 5.10 Å². The van der Waals surface area contributed by atoms with Gasteiger partial charge in [0.05, 0.1) is 11.7 Å². The molecule has 0 unspecified atom stereocenters. The molecular formula is C8H12N2O2. The molecule has 66 valence electrons. The fraction of sp³-hybridized carbons (Fsp3) is 0.500. The van der Waals surface area contributed by atoms with Crippen molar-refractivity contribution < 1.29 is 9.58 Å². The second-order valence-electron chi connectivity index (χ2n) is 2.45. The van der Waals surface area contributed by atoms with Gasteiger partial charge in [-0.15, -0.1) is 0 Å². The lowest BCUT2D eigenvalue weighted by atomic mass is 10.4. The number of aromatic nitrogens is 2. The summed E-state index contributed by atoms with van der Waals surface area (Å²) in [6.07, 6.45) is 3.38. The predicted octanol–water partition coefficient (Wildman–Crippen LogP) is 0.894. The van der Waals surface area contributed by atoms with Crippen molar-refractivity contribution in [3.8, 4) is 5.88 Å². The Bertz CT molecular complexity index is 240. The molecule has 0 saturated carbocycles. The highest BCUT2D eigenvalue weighted by atomic mass is 16.5. The van der Waals surface area contributed by atoms with E-state index >= 15 is 0 Å². The van der Waals surface area contributed by atoms with Crippen LogP contribution in [0.3, 0.4) is 0 Å². The van der Waals surface area contributed by atoms with Crippen LogP contribution in [0.15, 0.2) is 18.3 Å². The summed E-state index contributed by atoms with van der Waals surface area (Å²) in [5, 5.41) is 14.2. The molecule has 0 aromatic carbocycles. The van der Waals surface area contributed by atoms with Gasteiger partial charge in [-0.25, -0.2) is 0 Å². The van der Waals surface area contributed by atoms with E-state index in [-0.39, 0.29) is 0 Å². The van der Waals surface area contributed by atoms with E-state index in [1.807, 2.05) is 0 Å². The van der Waals surface area contributed by atoms with Crippen molar-refractivity contribution in [3.63, 3.8) is 0 Å². The number of unbranched alkanes of at least 4 members (excludes halogenated alkanes) is 1. The topological polar surface area (TPSA) is 49.1 Å². The van der Waals surface area contributed by atoms with Gasteiger partial charge in [-0.05, 0) is 6.42 Å². The van der Waals surface area contributed by atoms with Crippen molar-refractivity contribution in [1.29, 1.82) is 0 Å². The Kier molecular flexibility index (Phi) is 3.32. The molecule has 0 bridgehead atoms. The molecule has 0 amide bonds. The van der Waals surface area contributed by atoms with Crippen molar-refractivity contribution in [2.75, 3.05) is 6.61 Å². The second kappa shape index (κ2) is 4.54. The first-order valence-electron chi connectivity index (χ1n) is 4.02. The summed E-state index contributed by atoms with van der Waals surface area (Å²) in [6.45, 7) is 2.70. The largest absolute Gasteiger partial charge is 0.594 e. The molecule has 4 nitrogen and oxygen atoms in total. The average Bonchev–Trinajstić information content (AvgIpc) is 2.05. The van der Waals surface area contributed by atoms with Crippen LogP contribution in [0.2, 0.25) is 0 Å². The van der Waals surface area contributed by atoms with Gasteiger partial charge in [-0.1, -0.05) is 18.2 Å². The van der Waals surface area contributed by atoms with Crippen LogP contribution >= 0.6 is 0 Å². The normalized spacial score (nSPS) is 9.75. The second-order valence-corrected chi connectivity index (χ2v) is 2.45. The van der Waals surface area contributed by atoms with E-state index in [1.165, 1.54) is 6.20 Å². The van der Waals surface area contributed by atoms with Gasteiger partial charge in [0, 0.05) is 12.1 Å². The summed E-state index contributed by atoms with van der Waals surface area (Å²) < 4.78 is 5.20. The van der Waals surface area contributed by atoms with E-state index in [2.05, 4.69) is 12.0 Å². The van der Waals surface area contributed by atoms with E-state index in [0.717, 1.165) is 12.8 Å². The van der Waals surface area contributed by atoms with Crippen molar-refractivity contribution in [2.24, 2.45) is 0 Å². The first kappa shape index (κ1) is 8.77. The zero-order chi connectivity index (χ0) is 8.81. The maximum absolute atomic E-state index is 10.6. The number of hydrogen-bond acceptors (Lipinski definition) is 3. The van der Waals surface area contributed by atoms with Crippen LogP contribution in [-0.2, 0) is 0 Å². The van der Waals surface area contributed by atoms with Gasteiger partial charge < -0.3 is 9.94 Å². The van der Waals surface area contributed by atoms with Gasteiger partial charge in [0.2, 0.25) is 6.20 Å². The molecule has 0 spiro atoms. The Morgan fingerprint density at radius 3 is 3.17 bits per heavy atom. The monoisotopic (exact) mass is 168 g/mol. The maximum atomic E-state index is 10.6. The average molecular weight is 168 g/mol. The van der Waals surface area contributed by atoms with Crippen LogP contribution in [0.4, 0.5) is 0 Å². The number of hydrogen-bond donors (Lipinski definition) is 0. The minimum absolute atomic E-state index is 0.390. The minimum Gasteiger partial charge on any atom is -0.594 e. The zero-order valence-corrected chi connectivity index (χ0v) is 7.06. The molecule has 0 N–H and O–H groups in total. The summed E-state index contributed by atoms with van der Waals surface area (Å²) in [4.78, 5) is 0.487. The Labute approximate surface area is 71.4 Å². The van der Waals surface area contributed by atoms with E-state index < -0.39 is 0 Å². The van der Waals surface area contributed by atoms with Crippen LogP contribution in [0.1, 0.15) is 19.8 Å². The Morgan fingerprint density at radius 2 is 2.50 bits per heavy atom. The number of nitrogens with zero attached hydrogens (tertiary/aromatic N) is 2. The predicted molar refractivity (Wildman–Crippen MR) is 43.6 cm³/mol. The lowest BCUT2D eigenvalue weighted by Gasteiger charge is -2.01. The van der Waals surface area contributed by atoms with Crippen LogP contribution in [0.25, 0.3) is 0 Å². The zero-order valence-electron chi connectivity index (χ0n) is 7.06. The van der Waals surface area contributed by atoms with E-state index in [4.69, 9.17) is 4.74 Å². The Balaban J connectivity index is 2.41. The third kappa shape index (κ3) is 2.74. The third-order valence-electron chi connectivity index (χ3n) is 1.40. The number of rotatable bonds is 4. The van der Waals surface area contributed by atoms with Gasteiger partial charge >= 0.3 is 0 Å². The standard InChI is InChI=1S/C8H12N2O2/c1-2-3-7-12-8-5-4-6-10(11)9-8/h4-6H,2-3,7H2,1H3. The molecule has 4 heteroatoms. The fourth-order valence-electron chi connectivity index (χ4n) is 0.761. The molecule has 0 aliphatic rings. The fourth-order valence-corrected chi connectivity index (χ4v) is 0.761. The summed E-state index contributed by atoms with van der Waals surface area (Å²) in [5.41, 5.74) is 0. The molecule has 1 aromatic heterocycles. The maximum Gasteiger partial charge on any atom is 0.280 e. The van der Waals surface area contributed by atoms with Gasteiger partial charge in [0.25, 0.3) is 5.88 Å². The summed E-state index contributed by atoms with van der Waals surface area (Å²) >= 11 is 0. The molecule has 0 radical (unpaired) electrons. The molecule has 0 aliphatic carbocycles. The smallest absolute Gasteiger partial charge is 0.280 e.